The van der Waals surface area contributed by atoms with E-state index in [-0.39, 0.29) is 21.4 Å². The number of rotatable bonds is 7. The maximum absolute atomic E-state index is 12.9. The molecule has 8 heteroatoms. The summed E-state index contributed by atoms with van der Waals surface area (Å²) in [6.07, 6.45) is 3.73. The van der Waals surface area contributed by atoms with Crippen LogP contribution in [0.3, 0.4) is 0 Å². The number of benzene rings is 3. The average molecular weight is 498 g/mol. The number of nitrogens with one attached hydrogen (secondary N) is 2. The molecule has 178 valence electrons. The molecule has 0 aromatic heterocycles. The van der Waals surface area contributed by atoms with Crippen molar-refractivity contribution < 1.29 is 13.2 Å². The van der Waals surface area contributed by atoms with E-state index in [9.17, 15) is 13.2 Å². The molecule has 6 nitrogen and oxygen atoms in total. The molecule has 0 spiro atoms. The lowest BCUT2D eigenvalue weighted by Crippen LogP contribution is -2.29. The third-order valence-electron chi connectivity index (χ3n) is 5.86. The smallest absolute Gasteiger partial charge is 0.263 e. The molecule has 34 heavy (non-hydrogen) atoms. The van der Waals surface area contributed by atoms with Crippen LogP contribution >= 0.6 is 11.6 Å². The van der Waals surface area contributed by atoms with Crippen molar-refractivity contribution in [1.82, 2.24) is 5.32 Å². The molecule has 3 aromatic rings. The SMILES string of the molecule is Cc1cccc(NS(=O)(=O)c2cc(C(=O)NCc3ccc(N4CCCCC4)cc3)ccc2Cl)c1. The Morgan fingerprint density at radius 2 is 1.71 bits per heavy atom. The number of nitrogens with zero attached hydrogens (tertiary/aromatic N) is 1. The van der Waals surface area contributed by atoms with E-state index in [0.29, 0.717) is 12.2 Å². The van der Waals surface area contributed by atoms with Gasteiger partial charge in [0.25, 0.3) is 15.9 Å². The number of amides is 1. The van der Waals surface area contributed by atoms with Crippen molar-refractivity contribution in [3.05, 3.63) is 88.4 Å². The normalized spacial score (nSPS) is 14.0. The molecule has 0 atom stereocenters. The van der Waals surface area contributed by atoms with Gasteiger partial charge < -0.3 is 10.2 Å². The zero-order valence-corrected chi connectivity index (χ0v) is 20.6. The molecule has 0 aliphatic carbocycles. The predicted molar refractivity (Wildman–Crippen MR) is 137 cm³/mol. The molecular formula is C26H28ClN3O3S. The molecule has 1 aliphatic heterocycles. The molecule has 0 bridgehead atoms. The summed E-state index contributed by atoms with van der Waals surface area (Å²) in [7, 11) is -3.97. The summed E-state index contributed by atoms with van der Waals surface area (Å²) in [5.74, 6) is -0.372. The minimum atomic E-state index is -3.97. The van der Waals surface area contributed by atoms with Crippen LogP contribution in [-0.2, 0) is 16.6 Å². The van der Waals surface area contributed by atoms with E-state index >= 15 is 0 Å². The van der Waals surface area contributed by atoms with Gasteiger partial charge in [0.1, 0.15) is 4.90 Å². The number of halogens is 1. The van der Waals surface area contributed by atoms with Crippen LogP contribution in [0.4, 0.5) is 11.4 Å². The fraction of sp³-hybridized carbons (Fsp3) is 0.269. The summed E-state index contributed by atoms with van der Waals surface area (Å²) in [6, 6.07) is 19.4. The average Bonchev–Trinajstić information content (AvgIpc) is 2.83. The van der Waals surface area contributed by atoms with Gasteiger partial charge in [0.2, 0.25) is 0 Å². The Bertz CT molecular complexity index is 1270. The van der Waals surface area contributed by atoms with Crippen molar-refractivity contribution in [1.29, 1.82) is 0 Å². The first-order valence-electron chi connectivity index (χ1n) is 11.3. The van der Waals surface area contributed by atoms with Gasteiger partial charge in [-0.2, -0.15) is 0 Å². The van der Waals surface area contributed by atoms with Crippen molar-refractivity contribution in [3.63, 3.8) is 0 Å². The molecular weight excluding hydrogens is 470 g/mol. The summed E-state index contributed by atoms with van der Waals surface area (Å²) in [6.45, 7) is 4.37. The van der Waals surface area contributed by atoms with Gasteiger partial charge in [-0.3, -0.25) is 9.52 Å². The number of hydrogen-bond donors (Lipinski definition) is 2. The fourth-order valence-electron chi connectivity index (χ4n) is 4.03. The number of piperidine rings is 1. The van der Waals surface area contributed by atoms with Crippen LogP contribution in [0.2, 0.25) is 5.02 Å². The Hall–Kier alpha value is -3.03. The molecule has 1 fully saturated rings. The van der Waals surface area contributed by atoms with Gasteiger partial charge in [0.05, 0.1) is 5.02 Å². The van der Waals surface area contributed by atoms with E-state index in [1.807, 2.05) is 25.1 Å². The molecule has 1 aliphatic rings. The summed E-state index contributed by atoms with van der Waals surface area (Å²) in [5.41, 5.74) is 3.74. The third-order valence-corrected chi connectivity index (χ3v) is 7.73. The highest BCUT2D eigenvalue weighted by molar-refractivity contribution is 7.92. The van der Waals surface area contributed by atoms with E-state index in [0.717, 1.165) is 24.2 Å². The van der Waals surface area contributed by atoms with E-state index in [1.54, 1.807) is 18.2 Å². The zero-order valence-electron chi connectivity index (χ0n) is 19.1. The molecule has 1 amide bonds. The highest BCUT2D eigenvalue weighted by Crippen LogP contribution is 2.26. The van der Waals surface area contributed by atoms with E-state index in [1.165, 1.54) is 43.1 Å². The monoisotopic (exact) mass is 497 g/mol. The zero-order chi connectivity index (χ0) is 24.1. The van der Waals surface area contributed by atoms with Crippen molar-refractivity contribution >= 4 is 38.9 Å². The first-order valence-corrected chi connectivity index (χ1v) is 13.2. The Balaban J connectivity index is 1.43. The van der Waals surface area contributed by atoms with Crippen LogP contribution in [0, 0.1) is 6.92 Å². The molecule has 0 saturated carbocycles. The van der Waals surface area contributed by atoms with Crippen molar-refractivity contribution in [2.45, 2.75) is 37.6 Å². The van der Waals surface area contributed by atoms with Crippen LogP contribution in [0.15, 0.2) is 71.6 Å². The van der Waals surface area contributed by atoms with Crippen molar-refractivity contribution in [2.75, 3.05) is 22.7 Å². The predicted octanol–water partition coefficient (Wildman–Crippen LogP) is 5.37. The lowest BCUT2D eigenvalue weighted by atomic mass is 10.1. The summed E-state index contributed by atoms with van der Waals surface area (Å²) in [4.78, 5) is 15.0. The Morgan fingerprint density at radius 1 is 0.971 bits per heavy atom. The summed E-state index contributed by atoms with van der Waals surface area (Å²) >= 11 is 6.18. The number of aryl methyl sites for hydroxylation is 1. The second kappa shape index (κ2) is 10.5. The lowest BCUT2D eigenvalue weighted by molar-refractivity contribution is 0.0950. The maximum Gasteiger partial charge on any atom is 0.263 e. The minimum absolute atomic E-state index is 0.0463. The van der Waals surface area contributed by atoms with E-state index < -0.39 is 10.0 Å². The lowest BCUT2D eigenvalue weighted by Gasteiger charge is -2.28. The van der Waals surface area contributed by atoms with Crippen LogP contribution < -0.4 is 14.9 Å². The summed E-state index contributed by atoms with van der Waals surface area (Å²) < 4.78 is 28.4. The van der Waals surface area contributed by atoms with Gasteiger partial charge in [-0.15, -0.1) is 0 Å². The van der Waals surface area contributed by atoms with Crippen LogP contribution in [0.1, 0.15) is 40.7 Å². The van der Waals surface area contributed by atoms with E-state index in [2.05, 4.69) is 27.1 Å². The molecule has 0 radical (unpaired) electrons. The molecule has 3 aromatic carbocycles. The first kappa shape index (κ1) is 24.1. The molecule has 0 unspecified atom stereocenters. The van der Waals surface area contributed by atoms with Crippen LogP contribution in [-0.4, -0.2) is 27.4 Å². The van der Waals surface area contributed by atoms with Crippen molar-refractivity contribution in [2.24, 2.45) is 0 Å². The number of carbonyl (C=O) groups is 1. The topological polar surface area (TPSA) is 78.5 Å². The van der Waals surface area contributed by atoms with Gasteiger partial charge in [0.15, 0.2) is 0 Å². The highest BCUT2D eigenvalue weighted by Gasteiger charge is 2.20. The molecule has 2 N–H and O–H groups in total. The first-order chi connectivity index (χ1) is 16.3. The second-order valence-electron chi connectivity index (χ2n) is 8.52. The highest BCUT2D eigenvalue weighted by atomic mass is 35.5. The largest absolute Gasteiger partial charge is 0.372 e. The summed E-state index contributed by atoms with van der Waals surface area (Å²) in [5, 5.41) is 2.90. The fourth-order valence-corrected chi connectivity index (χ4v) is 5.61. The number of anilines is 2. The van der Waals surface area contributed by atoms with Gasteiger partial charge in [0, 0.05) is 36.6 Å². The van der Waals surface area contributed by atoms with Gasteiger partial charge in [-0.1, -0.05) is 35.9 Å². The standard InChI is InChI=1S/C26H28ClN3O3S/c1-19-6-5-7-22(16-19)29-34(32,33)25-17-21(10-13-24(25)27)26(31)28-18-20-8-11-23(12-9-20)30-14-3-2-4-15-30/h5-13,16-17,29H,2-4,14-15,18H2,1H3,(H,28,31). The van der Waals surface area contributed by atoms with Gasteiger partial charge in [-0.05, 0) is 79.8 Å². The number of hydrogen-bond acceptors (Lipinski definition) is 4. The Kier molecular flexibility index (Phi) is 7.44. The van der Waals surface area contributed by atoms with Crippen LogP contribution in [0.25, 0.3) is 0 Å². The maximum atomic E-state index is 12.9. The third kappa shape index (κ3) is 5.90. The second-order valence-corrected chi connectivity index (χ2v) is 10.6. The Labute approximate surface area is 206 Å². The number of carbonyl (C=O) groups excluding carboxylic acids is 1. The van der Waals surface area contributed by atoms with Gasteiger partial charge in [-0.25, -0.2) is 8.42 Å². The minimum Gasteiger partial charge on any atom is -0.372 e. The Morgan fingerprint density at radius 3 is 2.41 bits per heavy atom. The van der Waals surface area contributed by atoms with Gasteiger partial charge >= 0.3 is 0 Å². The molecule has 4 rings (SSSR count). The number of sulfonamides is 1. The van der Waals surface area contributed by atoms with Crippen molar-refractivity contribution in [3.8, 4) is 0 Å². The molecule has 1 heterocycles. The quantitative estimate of drug-likeness (QED) is 0.460. The van der Waals surface area contributed by atoms with Crippen LogP contribution in [0.5, 0.6) is 0 Å². The van der Waals surface area contributed by atoms with E-state index in [4.69, 9.17) is 11.6 Å². The molecule has 1 saturated heterocycles.